The molecule has 0 bridgehead atoms. The summed E-state index contributed by atoms with van der Waals surface area (Å²) in [6.07, 6.45) is 0. The lowest BCUT2D eigenvalue weighted by Gasteiger charge is -2.21. The standard InChI is InChI=1S/C19H17BrN4O/c1-2-24(16-9-4-3-5-10-16)18-12-11-17(22-23-18)19(25)21-15-8-6-7-14(20)13-15/h3-13H,2H2,1H3,(H,21,25). The molecule has 5 nitrogen and oxygen atoms in total. The van der Waals surface area contributed by atoms with E-state index in [2.05, 4.69) is 31.4 Å². The van der Waals surface area contributed by atoms with Gasteiger partial charge in [-0.2, -0.15) is 0 Å². The Bertz CT molecular complexity index is 853. The maximum Gasteiger partial charge on any atom is 0.276 e. The molecule has 0 spiro atoms. The van der Waals surface area contributed by atoms with E-state index < -0.39 is 0 Å². The van der Waals surface area contributed by atoms with Gasteiger partial charge in [-0.3, -0.25) is 4.79 Å². The van der Waals surface area contributed by atoms with Gasteiger partial charge in [-0.1, -0.05) is 40.2 Å². The molecule has 0 fully saturated rings. The maximum absolute atomic E-state index is 12.3. The van der Waals surface area contributed by atoms with Crippen molar-refractivity contribution in [1.29, 1.82) is 0 Å². The van der Waals surface area contributed by atoms with Crippen LogP contribution in [0.15, 0.2) is 71.2 Å². The average Bonchev–Trinajstić information content (AvgIpc) is 2.64. The Labute approximate surface area is 154 Å². The monoisotopic (exact) mass is 396 g/mol. The van der Waals surface area contributed by atoms with Gasteiger partial charge >= 0.3 is 0 Å². The van der Waals surface area contributed by atoms with Gasteiger partial charge in [0.15, 0.2) is 11.5 Å². The molecule has 6 heteroatoms. The molecule has 1 amide bonds. The molecule has 3 aromatic rings. The van der Waals surface area contributed by atoms with Crippen LogP contribution >= 0.6 is 15.9 Å². The minimum atomic E-state index is -0.292. The third-order valence-electron chi connectivity index (χ3n) is 3.63. The van der Waals surface area contributed by atoms with Crippen molar-refractivity contribution in [2.45, 2.75) is 6.92 Å². The molecule has 1 aromatic heterocycles. The van der Waals surface area contributed by atoms with Gasteiger partial charge in [0.1, 0.15) is 0 Å². The van der Waals surface area contributed by atoms with Crippen LogP contribution in [0, 0.1) is 0 Å². The molecule has 0 aliphatic heterocycles. The van der Waals surface area contributed by atoms with E-state index in [0.29, 0.717) is 11.5 Å². The Balaban J connectivity index is 1.76. The fourth-order valence-electron chi connectivity index (χ4n) is 2.44. The zero-order valence-corrected chi connectivity index (χ0v) is 15.3. The van der Waals surface area contributed by atoms with Crippen LogP contribution in [0.25, 0.3) is 0 Å². The highest BCUT2D eigenvalue weighted by molar-refractivity contribution is 9.10. The third kappa shape index (κ3) is 4.22. The molecule has 0 unspecified atom stereocenters. The van der Waals surface area contributed by atoms with E-state index >= 15 is 0 Å². The highest BCUT2D eigenvalue weighted by atomic mass is 79.9. The van der Waals surface area contributed by atoms with Gasteiger partial charge in [-0.15, -0.1) is 10.2 Å². The van der Waals surface area contributed by atoms with E-state index in [1.807, 2.05) is 66.4 Å². The van der Waals surface area contributed by atoms with Crippen molar-refractivity contribution in [3.63, 3.8) is 0 Å². The first-order chi connectivity index (χ1) is 12.2. The number of carbonyl (C=O) groups excluding carboxylic acids is 1. The summed E-state index contributed by atoms with van der Waals surface area (Å²) in [6.45, 7) is 2.80. The topological polar surface area (TPSA) is 58.1 Å². The number of rotatable bonds is 5. The second kappa shape index (κ2) is 7.90. The van der Waals surface area contributed by atoms with Gasteiger partial charge in [0.05, 0.1) is 0 Å². The molecule has 1 N–H and O–H groups in total. The molecule has 3 rings (SSSR count). The predicted octanol–water partition coefficient (Wildman–Crippen LogP) is 4.65. The lowest BCUT2D eigenvalue weighted by atomic mass is 10.2. The van der Waals surface area contributed by atoms with Crippen LogP contribution in [0.5, 0.6) is 0 Å². The summed E-state index contributed by atoms with van der Waals surface area (Å²) in [4.78, 5) is 14.3. The number of anilines is 3. The summed E-state index contributed by atoms with van der Waals surface area (Å²) in [6, 6.07) is 20.8. The van der Waals surface area contributed by atoms with E-state index in [1.54, 1.807) is 12.1 Å². The van der Waals surface area contributed by atoms with Crippen molar-refractivity contribution in [3.8, 4) is 0 Å². The molecule has 0 atom stereocenters. The molecule has 0 saturated carbocycles. The van der Waals surface area contributed by atoms with Crippen molar-refractivity contribution in [2.75, 3.05) is 16.8 Å². The molecular formula is C19H17BrN4O. The first-order valence-corrected chi connectivity index (χ1v) is 8.70. The van der Waals surface area contributed by atoms with E-state index in [-0.39, 0.29) is 11.6 Å². The fraction of sp³-hybridized carbons (Fsp3) is 0.105. The molecule has 0 aliphatic carbocycles. The van der Waals surface area contributed by atoms with Gasteiger partial charge in [0.25, 0.3) is 5.91 Å². The summed E-state index contributed by atoms with van der Waals surface area (Å²) in [5.41, 5.74) is 2.00. The Morgan fingerprint density at radius 2 is 1.84 bits per heavy atom. The van der Waals surface area contributed by atoms with E-state index in [9.17, 15) is 4.79 Å². The van der Waals surface area contributed by atoms with Crippen molar-refractivity contribution >= 4 is 39.0 Å². The van der Waals surface area contributed by atoms with Crippen LogP contribution in [0.3, 0.4) is 0 Å². The van der Waals surface area contributed by atoms with Crippen molar-refractivity contribution in [1.82, 2.24) is 10.2 Å². The number of nitrogens with zero attached hydrogens (tertiary/aromatic N) is 3. The Hall–Kier alpha value is -2.73. The molecule has 126 valence electrons. The molecule has 0 aliphatic rings. The summed E-state index contributed by atoms with van der Waals surface area (Å²) >= 11 is 3.38. The third-order valence-corrected chi connectivity index (χ3v) is 4.12. The first-order valence-electron chi connectivity index (χ1n) is 7.90. The molecule has 25 heavy (non-hydrogen) atoms. The average molecular weight is 397 g/mol. The largest absolute Gasteiger partial charge is 0.325 e. The fourth-order valence-corrected chi connectivity index (χ4v) is 2.84. The number of aromatic nitrogens is 2. The maximum atomic E-state index is 12.3. The van der Waals surface area contributed by atoms with Crippen molar-refractivity contribution in [3.05, 3.63) is 76.9 Å². The minimum Gasteiger partial charge on any atom is -0.325 e. The number of halogens is 1. The Kier molecular flexibility index (Phi) is 5.40. The zero-order chi connectivity index (χ0) is 17.6. The number of benzene rings is 2. The Morgan fingerprint density at radius 1 is 1.04 bits per heavy atom. The number of para-hydroxylation sites is 1. The van der Waals surface area contributed by atoms with Crippen LogP contribution in [0.4, 0.5) is 17.2 Å². The van der Waals surface area contributed by atoms with Crippen LogP contribution < -0.4 is 10.2 Å². The summed E-state index contributed by atoms with van der Waals surface area (Å²) < 4.78 is 0.896. The molecule has 0 radical (unpaired) electrons. The zero-order valence-electron chi connectivity index (χ0n) is 13.7. The van der Waals surface area contributed by atoms with Gasteiger partial charge in [-0.05, 0) is 49.4 Å². The van der Waals surface area contributed by atoms with Gasteiger partial charge in [-0.25, -0.2) is 0 Å². The highest BCUT2D eigenvalue weighted by Gasteiger charge is 2.12. The van der Waals surface area contributed by atoms with Crippen molar-refractivity contribution in [2.24, 2.45) is 0 Å². The number of nitrogens with one attached hydrogen (secondary N) is 1. The lowest BCUT2D eigenvalue weighted by molar-refractivity contribution is 0.102. The quantitative estimate of drug-likeness (QED) is 0.681. The van der Waals surface area contributed by atoms with Gasteiger partial charge in [0.2, 0.25) is 0 Å². The predicted molar refractivity (Wildman–Crippen MR) is 103 cm³/mol. The highest BCUT2D eigenvalue weighted by Crippen LogP contribution is 2.22. The normalized spacial score (nSPS) is 10.3. The van der Waals surface area contributed by atoms with Crippen molar-refractivity contribution < 1.29 is 4.79 Å². The molecule has 2 aromatic carbocycles. The molecule has 0 saturated heterocycles. The van der Waals surface area contributed by atoms with Gasteiger partial charge < -0.3 is 10.2 Å². The summed E-state index contributed by atoms with van der Waals surface area (Å²) in [5, 5.41) is 11.1. The first kappa shape index (κ1) is 17.1. The second-order valence-electron chi connectivity index (χ2n) is 5.32. The SMILES string of the molecule is CCN(c1ccccc1)c1ccc(C(=O)Nc2cccc(Br)c2)nn1. The summed E-state index contributed by atoms with van der Waals surface area (Å²) in [7, 11) is 0. The van der Waals surface area contributed by atoms with Crippen LogP contribution in [0.2, 0.25) is 0 Å². The van der Waals surface area contributed by atoms with E-state index in [4.69, 9.17) is 0 Å². The Morgan fingerprint density at radius 3 is 2.48 bits per heavy atom. The summed E-state index contributed by atoms with van der Waals surface area (Å²) in [5.74, 6) is 0.410. The lowest BCUT2D eigenvalue weighted by Crippen LogP contribution is -2.19. The van der Waals surface area contributed by atoms with Crippen LogP contribution in [-0.4, -0.2) is 22.6 Å². The molecule has 1 heterocycles. The number of hydrogen-bond donors (Lipinski definition) is 1. The van der Waals surface area contributed by atoms with Crippen LogP contribution in [0.1, 0.15) is 17.4 Å². The molecular weight excluding hydrogens is 380 g/mol. The number of amides is 1. The van der Waals surface area contributed by atoms with E-state index in [1.165, 1.54) is 0 Å². The van der Waals surface area contributed by atoms with Crippen LogP contribution in [-0.2, 0) is 0 Å². The smallest absolute Gasteiger partial charge is 0.276 e. The second-order valence-corrected chi connectivity index (χ2v) is 6.24. The number of carbonyl (C=O) groups is 1. The number of hydrogen-bond acceptors (Lipinski definition) is 4. The van der Waals surface area contributed by atoms with E-state index in [0.717, 1.165) is 16.7 Å². The van der Waals surface area contributed by atoms with Gasteiger partial charge in [0, 0.05) is 22.4 Å². The minimum absolute atomic E-state index is 0.271.